The molecule has 2 aromatic carbocycles. The number of nitrogens with zero attached hydrogens (tertiary/aromatic N) is 1. The molecule has 4 nitrogen and oxygen atoms in total. The molecule has 96 valence electrons. The molecule has 2 N–H and O–H groups in total. The number of aromatic nitrogens is 1. The van der Waals surface area contributed by atoms with Crippen molar-refractivity contribution >= 4 is 32.7 Å². The summed E-state index contributed by atoms with van der Waals surface area (Å²) in [5.41, 5.74) is 7.80. The average molecular weight is 319 g/mol. The van der Waals surface area contributed by atoms with Gasteiger partial charge in [-0.3, -0.25) is 0 Å². The van der Waals surface area contributed by atoms with Crippen molar-refractivity contribution < 1.29 is 9.15 Å². The van der Waals surface area contributed by atoms with Crippen LogP contribution in [0, 0.1) is 0 Å². The maximum absolute atomic E-state index is 5.69. The van der Waals surface area contributed by atoms with E-state index in [0.29, 0.717) is 17.2 Å². The van der Waals surface area contributed by atoms with Crippen LogP contribution in [-0.2, 0) is 6.61 Å². The second kappa shape index (κ2) is 4.93. The Labute approximate surface area is 118 Å². The van der Waals surface area contributed by atoms with E-state index in [-0.39, 0.29) is 6.61 Å². The van der Waals surface area contributed by atoms with Crippen LogP contribution in [0.4, 0.5) is 5.69 Å². The molecule has 0 amide bonds. The number of hydrogen-bond donors (Lipinski definition) is 1. The Bertz CT molecular complexity index is 724. The van der Waals surface area contributed by atoms with Gasteiger partial charge in [0.2, 0.25) is 5.89 Å². The summed E-state index contributed by atoms with van der Waals surface area (Å²) in [4.78, 5) is 4.33. The van der Waals surface area contributed by atoms with Crippen LogP contribution in [0.2, 0.25) is 0 Å². The standard InChI is InChI=1S/C14H11BrN2O2/c15-9-2-1-3-11(6-9)18-8-14-17-12-5-4-10(16)7-13(12)19-14/h1-7H,8,16H2. The SMILES string of the molecule is Nc1ccc2nc(COc3cccc(Br)c3)oc2c1. The summed E-state index contributed by atoms with van der Waals surface area (Å²) < 4.78 is 12.2. The van der Waals surface area contributed by atoms with Crippen molar-refractivity contribution in [3.8, 4) is 5.75 Å². The molecule has 3 aromatic rings. The van der Waals surface area contributed by atoms with Crippen LogP contribution in [0.25, 0.3) is 11.1 Å². The van der Waals surface area contributed by atoms with E-state index in [0.717, 1.165) is 15.7 Å². The van der Waals surface area contributed by atoms with Crippen LogP contribution in [0.15, 0.2) is 51.4 Å². The summed E-state index contributed by atoms with van der Waals surface area (Å²) in [7, 11) is 0. The summed E-state index contributed by atoms with van der Waals surface area (Å²) in [6.07, 6.45) is 0. The fraction of sp³-hybridized carbons (Fsp3) is 0.0714. The Morgan fingerprint density at radius 3 is 2.95 bits per heavy atom. The summed E-state index contributed by atoms with van der Waals surface area (Å²) in [5.74, 6) is 1.29. The Morgan fingerprint density at radius 2 is 2.11 bits per heavy atom. The average Bonchev–Trinajstić information content (AvgIpc) is 2.78. The Balaban J connectivity index is 1.78. The molecular weight excluding hydrogens is 308 g/mol. The number of hydrogen-bond acceptors (Lipinski definition) is 4. The molecule has 0 aliphatic heterocycles. The van der Waals surface area contributed by atoms with Gasteiger partial charge < -0.3 is 14.9 Å². The number of nitrogen functional groups attached to an aromatic ring is 1. The molecule has 0 aliphatic carbocycles. The van der Waals surface area contributed by atoms with E-state index in [1.54, 1.807) is 12.1 Å². The van der Waals surface area contributed by atoms with Gasteiger partial charge in [-0.1, -0.05) is 22.0 Å². The molecule has 1 aromatic heterocycles. The smallest absolute Gasteiger partial charge is 0.233 e. The molecule has 3 rings (SSSR count). The van der Waals surface area contributed by atoms with Crippen molar-refractivity contribution in [3.63, 3.8) is 0 Å². The molecule has 0 saturated carbocycles. The third-order valence-corrected chi connectivity index (χ3v) is 3.11. The first-order valence-corrected chi connectivity index (χ1v) is 6.53. The van der Waals surface area contributed by atoms with Crippen LogP contribution < -0.4 is 10.5 Å². The highest BCUT2D eigenvalue weighted by Gasteiger charge is 2.06. The lowest BCUT2D eigenvalue weighted by molar-refractivity contribution is 0.267. The van der Waals surface area contributed by atoms with Crippen LogP contribution in [-0.4, -0.2) is 4.98 Å². The Morgan fingerprint density at radius 1 is 1.21 bits per heavy atom. The van der Waals surface area contributed by atoms with E-state index in [9.17, 15) is 0 Å². The van der Waals surface area contributed by atoms with Gasteiger partial charge in [-0.15, -0.1) is 0 Å². The van der Waals surface area contributed by atoms with Gasteiger partial charge in [0, 0.05) is 16.2 Å². The maximum atomic E-state index is 5.69. The van der Waals surface area contributed by atoms with Crippen LogP contribution in [0.3, 0.4) is 0 Å². The zero-order valence-electron chi connectivity index (χ0n) is 9.97. The zero-order valence-corrected chi connectivity index (χ0v) is 11.6. The molecule has 0 spiro atoms. The molecule has 0 bridgehead atoms. The lowest BCUT2D eigenvalue weighted by Gasteiger charge is -2.03. The molecule has 1 heterocycles. The molecular formula is C14H11BrN2O2. The lowest BCUT2D eigenvalue weighted by atomic mass is 10.3. The maximum Gasteiger partial charge on any atom is 0.233 e. The van der Waals surface area contributed by atoms with Gasteiger partial charge in [0.25, 0.3) is 0 Å². The zero-order chi connectivity index (χ0) is 13.2. The quantitative estimate of drug-likeness (QED) is 0.747. The third-order valence-electron chi connectivity index (χ3n) is 2.62. The normalized spacial score (nSPS) is 10.8. The fourth-order valence-corrected chi connectivity index (χ4v) is 2.13. The Kier molecular flexibility index (Phi) is 3.13. The van der Waals surface area contributed by atoms with Gasteiger partial charge in [0.1, 0.15) is 11.3 Å². The molecule has 5 heteroatoms. The first-order chi connectivity index (χ1) is 9.20. The number of nitrogens with two attached hydrogens (primary N) is 1. The molecule has 0 aliphatic rings. The van der Waals surface area contributed by atoms with Crippen LogP contribution >= 0.6 is 15.9 Å². The minimum absolute atomic E-state index is 0.283. The summed E-state index contributed by atoms with van der Waals surface area (Å²) in [6, 6.07) is 13.0. The summed E-state index contributed by atoms with van der Waals surface area (Å²) in [6.45, 7) is 0.283. The highest BCUT2D eigenvalue weighted by molar-refractivity contribution is 9.10. The number of rotatable bonds is 3. The molecule has 0 saturated heterocycles. The highest BCUT2D eigenvalue weighted by atomic mass is 79.9. The van der Waals surface area contributed by atoms with Crippen molar-refractivity contribution in [3.05, 3.63) is 52.8 Å². The van der Waals surface area contributed by atoms with Crippen molar-refractivity contribution in [1.29, 1.82) is 0 Å². The van der Waals surface area contributed by atoms with Crippen molar-refractivity contribution in [2.75, 3.05) is 5.73 Å². The number of ether oxygens (including phenoxy) is 1. The third kappa shape index (κ3) is 2.71. The van der Waals surface area contributed by atoms with E-state index in [1.807, 2.05) is 30.3 Å². The van der Waals surface area contributed by atoms with Gasteiger partial charge >= 0.3 is 0 Å². The molecule has 19 heavy (non-hydrogen) atoms. The largest absolute Gasteiger partial charge is 0.484 e. The molecule has 0 unspecified atom stereocenters. The first-order valence-electron chi connectivity index (χ1n) is 5.74. The fourth-order valence-electron chi connectivity index (χ4n) is 1.75. The first kappa shape index (κ1) is 12.0. The van der Waals surface area contributed by atoms with Crippen molar-refractivity contribution in [1.82, 2.24) is 4.98 Å². The monoisotopic (exact) mass is 318 g/mol. The predicted molar refractivity (Wildman–Crippen MR) is 76.9 cm³/mol. The lowest BCUT2D eigenvalue weighted by Crippen LogP contribution is -1.95. The van der Waals surface area contributed by atoms with E-state index in [1.165, 1.54) is 0 Å². The number of benzene rings is 2. The van der Waals surface area contributed by atoms with Crippen molar-refractivity contribution in [2.24, 2.45) is 0 Å². The van der Waals surface area contributed by atoms with E-state index in [4.69, 9.17) is 14.9 Å². The topological polar surface area (TPSA) is 61.3 Å². The van der Waals surface area contributed by atoms with E-state index >= 15 is 0 Å². The minimum Gasteiger partial charge on any atom is -0.484 e. The van der Waals surface area contributed by atoms with Gasteiger partial charge in [-0.25, -0.2) is 4.98 Å². The van der Waals surface area contributed by atoms with Gasteiger partial charge in [-0.05, 0) is 30.3 Å². The van der Waals surface area contributed by atoms with E-state index < -0.39 is 0 Å². The van der Waals surface area contributed by atoms with E-state index in [2.05, 4.69) is 20.9 Å². The number of halogens is 1. The molecule has 0 radical (unpaired) electrons. The number of anilines is 1. The van der Waals surface area contributed by atoms with Gasteiger partial charge in [0.15, 0.2) is 12.2 Å². The second-order valence-corrected chi connectivity index (χ2v) is 5.00. The summed E-state index contributed by atoms with van der Waals surface area (Å²) >= 11 is 3.39. The Hall–Kier alpha value is -2.01. The second-order valence-electron chi connectivity index (χ2n) is 4.08. The molecule has 0 fully saturated rings. The summed E-state index contributed by atoms with van der Waals surface area (Å²) in [5, 5.41) is 0. The van der Waals surface area contributed by atoms with Gasteiger partial charge in [-0.2, -0.15) is 0 Å². The number of oxazole rings is 1. The van der Waals surface area contributed by atoms with Crippen LogP contribution in [0.5, 0.6) is 5.75 Å². The predicted octanol–water partition coefficient (Wildman–Crippen LogP) is 3.75. The highest BCUT2D eigenvalue weighted by Crippen LogP contribution is 2.21. The number of fused-ring (bicyclic) bond motifs is 1. The van der Waals surface area contributed by atoms with Crippen LogP contribution in [0.1, 0.15) is 5.89 Å². The minimum atomic E-state index is 0.283. The molecule has 0 atom stereocenters. The van der Waals surface area contributed by atoms with Gasteiger partial charge in [0.05, 0.1) is 0 Å². The van der Waals surface area contributed by atoms with Crippen molar-refractivity contribution in [2.45, 2.75) is 6.61 Å².